The molecule has 0 saturated heterocycles. The average Bonchev–Trinajstić information content (AvgIpc) is 4.12. The van der Waals surface area contributed by atoms with E-state index in [-0.39, 0.29) is 37.5 Å². The number of imidazole rings is 2. The number of fused-ring (bicyclic) bond motifs is 8. The predicted molar refractivity (Wildman–Crippen MR) is 291 cm³/mol. The Bertz CT molecular complexity index is 4170. The Morgan fingerprint density at radius 2 is 1.21 bits per heavy atom. The van der Waals surface area contributed by atoms with Crippen LogP contribution in [0.1, 0.15) is 60.3 Å². The van der Waals surface area contributed by atoms with Crippen LogP contribution in [-0.2, 0) is 20.1 Å². The van der Waals surface area contributed by atoms with Crippen molar-refractivity contribution in [1.29, 1.82) is 0 Å². The van der Waals surface area contributed by atoms with Gasteiger partial charge < -0.3 is 13.6 Å². The second-order valence-electron chi connectivity index (χ2n) is 18.5. The number of hydrogen-bond acceptors (Lipinski definition) is 3. The molecule has 0 aliphatic rings. The number of hydrogen-bond donors (Lipinski definition) is 0. The Labute approximate surface area is 431 Å². The third-order valence-corrected chi connectivity index (χ3v) is 13.5. The molecule has 10 aromatic carbocycles. The molecule has 71 heavy (non-hydrogen) atoms. The summed E-state index contributed by atoms with van der Waals surface area (Å²) in [5.74, 6) is 1.76. The fourth-order valence-electron chi connectivity index (χ4n) is 10.1. The van der Waals surface area contributed by atoms with Crippen molar-refractivity contribution in [3.8, 4) is 45.3 Å². The van der Waals surface area contributed by atoms with Gasteiger partial charge in [-0.25, -0.2) is 0 Å². The van der Waals surface area contributed by atoms with Crippen molar-refractivity contribution in [3.63, 3.8) is 0 Å². The van der Waals surface area contributed by atoms with Crippen molar-refractivity contribution in [2.75, 3.05) is 0 Å². The third kappa shape index (κ3) is 8.04. The van der Waals surface area contributed by atoms with Gasteiger partial charge in [-0.3, -0.25) is 9.97 Å². The normalized spacial score (nSPS) is 12.4. The van der Waals surface area contributed by atoms with Crippen LogP contribution in [0.3, 0.4) is 0 Å². The molecule has 0 aliphatic carbocycles. The van der Waals surface area contributed by atoms with Crippen molar-refractivity contribution in [3.05, 3.63) is 229 Å². The van der Waals surface area contributed by atoms with Gasteiger partial charge in [-0.2, -0.15) is 0 Å². The van der Waals surface area contributed by atoms with Crippen LogP contribution in [0.25, 0.3) is 111 Å². The zero-order valence-corrected chi connectivity index (χ0v) is 42.1. The molecule has 0 fully saturated rings. The standard InChI is InChI=1S/C46H37N2O.C19H13N2.Ir/c1-27(2)37-24-33(30-14-7-6-8-15-30)25-38(28(3)4)44(37)48-43-29(5)13-11-20-41(43)47-46(48)36-19-12-18-35-40-23-32-22-21-31-16-9-10-17-34(31)39(32)26-42(40)49-45(35)36;1-3-9-15(10-4-1)19-20-17-13-7-8-14-18(17)21(19)16-11-5-2-6-12-16;/h6-18,20-28H,1-5H3;1-9,11-14H;/q2*-1;/i5D3;;. The Morgan fingerprint density at radius 3 is 1.97 bits per heavy atom. The average molecular weight is 1100 g/mol. The molecular weight excluding hydrogens is 1040 g/mol. The molecule has 0 bridgehead atoms. The van der Waals surface area contributed by atoms with E-state index in [1.165, 1.54) is 10.8 Å². The van der Waals surface area contributed by atoms with Crippen LogP contribution in [0, 0.1) is 19.0 Å². The van der Waals surface area contributed by atoms with E-state index in [9.17, 15) is 0 Å². The summed E-state index contributed by atoms with van der Waals surface area (Å²) in [5, 5.41) is 6.59. The van der Waals surface area contributed by atoms with E-state index in [1.54, 1.807) is 12.1 Å². The van der Waals surface area contributed by atoms with Gasteiger partial charge in [0, 0.05) is 41.0 Å². The van der Waals surface area contributed by atoms with Crippen molar-refractivity contribution >= 4 is 65.6 Å². The smallest absolute Gasteiger partial charge is 0.121 e. The van der Waals surface area contributed by atoms with Gasteiger partial charge in [-0.05, 0) is 123 Å². The minimum Gasteiger partial charge on any atom is -0.501 e. The molecule has 13 aromatic rings. The maximum atomic E-state index is 8.65. The Morgan fingerprint density at radius 1 is 0.521 bits per heavy atom. The maximum Gasteiger partial charge on any atom is 0.121 e. The summed E-state index contributed by atoms with van der Waals surface area (Å²) in [6.45, 7) is 6.42. The number of furan rings is 1. The van der Waals surface area contributed by atoms with Gasteiger partial charge in [0.1, 0.15) is 5.58 Å². The van der Waals surface area contributed by atoms with E-state index in [0.717, 1.165) is 83.2 Å². The second-order valence-corrected chi connectivity index (χ2v) is 18.5. The van der Waals surface area contributed by atoms with Crippen LogP contribution in [0.15, 0.2) is 205 Å². The molecule has 13 rings (SSSR count). The summed E-state index contributed by atoms with van der Waals surface area (Å²) in [7, 11) is 0. The summed E-state index contributed by atoms with van der Waals surface area (Å²) in [5.41, 5.74) is 13.2. The van der Waals surface area contributed by atoms with Crippen LogP contribution < -0.4 is 0 Å². The van der Waals surface area contributed by atoms with E-state index < -0.39 is 6.85 Å². The molecule has 0 N–H and O–H groups in total. The topological polar surface area (TPSA) is 48.8 Å². The number of benzene rings is 10. The number of rotatable bonds is 7. The van der Waals surface area contributed by atoms with Gasteiger partial charge in [0.15, 0.2) is 0 Å². The zero-order chi connectivity index (χ0) is 50.0. The summed E-state index contributed by atoms with van der Waals surface area (Å²) >= 11 is 0. The van der Waals surface area contributed by atoms with E-state index in [2.05, 4.69) is 152 Å². The third-order valence-electron chi connectivity index (χ3n) is 13.5. The van der Waals surface area contributed by atoms with Crippen LogP contribution in [0.4, 0.5) is 0 Å². The molecule has 0 spiro atoms. The minimum atomic E-state index is -2.37. The summed E-state index contributed by atoms with van der Waals surface area (Å²) in [4.78, 5) is 10.0. The van der Waals surface area contributed by atoms with Gasteiger partial charge in [0.05, 0.1) is 39.3 Å². The molecule has 0 amide bonds. The summed E-state index contributed by atoms with van der Waals surface area (Å²) in [6, 6.07) is 74.7. The number of nitrogens with zero attached hydrogens (tertiary/aromatic N) is 4. The first-order valence-corrected chi connectivity index (χ1v) is 24.0. The fourth-order valence-corrected chi connectivity index (χ4v) is 10.1. The second kappa shape index (κ2) is 18.8. The molecule has 0 saturated carbocycles. The molecule has 0 atom stereocenters. The minimum absolute atomic E-state index is 0. The largest absolute Gasteiger partial charge is 0.501 e. The predicted octanol–water partition coefficient (Wildman–Crippen LogP) is 17.4. The molecule has 3 heterocycles. The Hall–Kier alpha value is -7.89. The summed E-state index contributed by atoms with van der Waals surface area (Å²) in [6.07, 6.45) is 0. The van der Waals surface area contributed by atoms with Crippen LogP contribution in [0.2, 0.25) is 0 Å². The van der Waals surface area contributed by atoms with Crippen molar-refractivity contribution < 1.29 is 28.6 Å². The quantitative estimate of drug-likeness (QED) is 0.118. The number of aromatic nitrogens is 4. The molecule has 6 heteroatoms. The van der Waals surface area contributed by atoms with Gasteiger partial charge in [-0.15, -0.1) is 54.1 Å². The Balaban J connectivity index is 0.000000223. The first-order valence-electron chi connectivity index (χ1n) is 25.5. The molecule has 5 nitrogen and oxygen atoms in total. The molecule has 0 unspecified atom stereocenters. The van der Waals surface area contributed by atoms with Gasteiger partial charge >= 0.3 is 0 Å². The van der Waals surface area contributed by atoms with Crippen LogP contribution >= 0.6 is 0 Å². The molecule has 0 aliphatic heterocycles. The SMILES string of the molecule is [2H]C([2H])([2H])c1cccc2nc(-c3[c-]ccc4c3oc3cc5c(ccc6ccccc65)cc34)n(-c3c(C(C)C)cc(-c4ccccc4)cc3C(C)C)c12.[Ir].[c-]1ccccc1-c1nc2ccccc2n1-c1ccccc1. The molecular formula is C65H50IrN4O-2. The number of para-hydroxylation sites is 4. The van der Waals surface area contributed by atoms with Crippen LogP contribution in [0.5, 0.6) is 0 Å². The van der Waals surface area contributed by atoms with Gasteiger partial charge in [-0.1, -0.05) is 148 Å². The summed E-state index contributed by atoms with van der Waals surface area (Å²) < 4.78 is 37.0. The van der Waals surface area contributed by atoms with Crippen molar-refractivity contribution in [2.45, 2.75) is 46.4 Å². The Kier molecular flexibility index (Phi) is 11.1. The molecule has 347 valence electrons. The first-order chi connectivity index (χ1) is 35.5. The maximum absolute atomic E-state index is 8.65. The molecule has 3 aromatic heterocycles. The van der Waals surface area contributed by atoms with Gasteiger partial charge in [0.25, 0.3) is 0 Å². The zero-order valence-electron chi connectivity index (χ0n) is 42.7. The van der Waals surface area contributed by atoms with Crippen molar-refractivity contribution in [1.82, 2.24) is 19.1 Å². The van der Waals surface area contributed by atoms with Crippen molar-refractivity contribution in [2.24, 2.45) is 0 Å². The van der Waals surface area contributed by atoms with E-state index >= 15 is 0 Å². The monoisotopic (exact) mass is 1100 g/mol. The van der Waals surface area contributed by atoms with Gasteiger partial charge in [0.2, 0.25) is 0 Å². The number of aryl methyl sites for hydroxylation is 1. The molecule has 1 radical (unpaired) electrons. The van der Waals surface area contributed by atoms with E-state index in [1.807, 2.05) is 84.9 Å². The fraction of sp³-hybridized carbons (Fsp3) is 0.108. The van der Waals surface area contributed by atoms with E-state index in [0.29, 0.717) is 28.0 Å². The van der Waals surface area contributed by atoms with Crippen LogP contribution in [-0.4, -0.2) is 19.1 Å². The first kappa shape index (κ1) is 42.0. The van der Waals surface area contributed by atoms with E-state index in [4.69, 9.17) is 18.5 Å².